The van der Waals surface area contributed by atoms with Gasteiger partial charge in [-0.25, -0.2) is 8.42 Å². The van der Waals surface area contributed by atoms with Crippen LogP contribution in [0.15, 0.2) is 94.0 Å². The maximum atomic E-state index is 13.6. The number of sulfonamides is 1. The summed E-state index contributed by atoms with van der Waals surface area (Å²) >= 11 is 0. The molecule has 2 fully saturated rings. The van der Waals surface area contributed by atoms with E-state index in [2.05, 4.69) is 31.0 Å². The highest BCUT2D eigenvalue weighted by Gasteiger charge is 2.53. The van der Waals surface area contributed by atoms with E-state index in [1.54, 1.807) is 8.87 Å². The fraction of sp³-hybridized carbons (Fsp3) is 0.344. The molecule has 6 rings (SSSR count). The van der Waals surface area contributed by atoms with E-state index in [1.165, 1.54) is 24.3 Å². The first-order chi connectivity index (χ1) is 19.5. The summed E-state index contributed by atoms with van der Waals surface area (Å²) in [5, 5.41) is 19.7. The Morgan fingerprint density at radius 3 is 2.37 bits per heavy atom. The number of aromatic nitrogens is 1. The molecule has 1 N–H and O–H groups in total. The molecular weight excluding hydrogens is 536 g/mol. The fourth-order valence-electron chi connectivity index (χ4n) is 7.04. The van der Waals surface area contributed by atoms with E-state index >= 15 is 0 Å². The van der Waals surface area contributed by atoms with Gasteiger partial charge in [0.15, 0.2) is 5.69 Å². The molecule has 1 saturated heterocycles. The number of para-hydroxylation sites is 1. The maximum Gasteiger partial charge on any atom is 0.295 e. The van der Waals surface area contributed by atoms with Crippen LogP contribution >= 0.6 is 0 Å². The summed E-state index contributed by atoms with van der Waals surface area (Å²) in [4.78, 5) is 13.1. The summed E-state index contributed by atoms with van der Waals surface area (Å²) in [6, 6.07) is 23.0. The van der Waals surface area contributed by atoms with Crippen LogP contribution in [0, 0.1) is 10.8 Å². The third-order valence-electron chi connectivity index (χ3n) is 8.42. The highest BCUT2D eigenvalue weighted by molar-refractivity contribution is 7.89. The normalized spacial score (nSPS) is 22.5. The highest BCUT2D eigenvalue weighted by atomic mass is 32.2. The molecule has 1 aliphatic carbocycles. The molecule has 212 valence electrons. The van der Waals surface area contributed by atoms with Crippen molar-refractivity contribution in [1.82, 2.24) is 8.87 Å². The van der Waals surface area contributed by atoms with Gasteiger partial charge in [0, 0.05) is 23.5 Å². The van der Waals surface area contributed by atoms with Crippen LogP contribution in [0.2, 0.25) is 0 Å². The van der Waals surface area contributed by atoms with Crippen molar-refractivity contribution >= 4 is 32.5 Å². The van der Waals surface area contributed by atoms with E-state index in [-0.39, 0.29) is 38.9 Å². The molecule has 41 heavy (non-hydrogen) atoms. The topological polar surface area (TPSA) is 104 Å². The van der Waals surface area contributed by atoms with Crippen molar-refractivity contribution < 1.29 is 18.3 Å². The van der Waals surface area contributed by atoms with Gasteiger partial charge in [0.1, 0.15) is 0 Å². The van der Waals surface area contributed by atoms with E-state index < -0.39 is 15.9 Å². The smallest absolute Gasteiger partial charge is 0.295 e. The first-order valence-corrected chi connectivity index (χ1v) is 15.3. The molecule has 2 bridgehead atoms. The molecule has 2 unspecified atom stereocenters. The number of rotatable bonds is 6. The Hall–Kier alpha value is -3.82. The molecule has 4 aromatic rings. The minimum Gasteiger partial charge on any atom is -0.493 e. The minimum atomic E-state index is -3.70. The predicted octanol–water partition coefficient (Wildman–Crippen LogP) is 6.91. The minimum absolute atomic E-state index is 0.0134. The lowest BCUT2D eigenvalue weighted by atomic mass is 9.65. The summed E-state index contributed by atoms with van der Waals surface area (Å²) in [5.74, 6) is -0.708. The summed E-state index contributed by atoms with van der Waals surface area (Å²) in [6.07, 6.45) is 2.72. The maximum absolute atomic E-state index is 13.6. The third-order valence-corrected chi connectivity index (χ3v) is 10.3. The van der Waals surface area contributed by atoms with Crippen LogP contribution < -0.4 is 0 Å². The lowest BCUT2D eigenvalue weighted by Gasteiger charge is -2.39. The Bertz CT molecular complexity index is 1760. The zero-order chi connectivity index (χ0) is 29.0. The van der Waals surface area contributed by atoms with Crippen molar-refractivity contribution in [3.8, 4) is 5.88 Å². The van der Waals surface area contributed by atoms with Crippen LogP contribution in [0.3, 0.4) is 0 Å². The van der Waals surface area contributed by atoms with Crippen LogP contribution in [0.5, 0.6) is 5.88 Å². The zero-order valence-corrected chi connectivity index (χ0v) is 24.3. The van der Waals surface area contributed by atoms with Crippen LogP contribution in [-0.4, -0.2) is 40.9 Å². The number of amides is 1. The molecule has 0 spiro atoms. The summed E-state index contributed by atoms with van der Waals surface area (Å²) in [5.41, 5.74) is 2.29. The number of benzene rings is 3. The Kier molecular flexibility index (Phi) is 6.62. The molecule has 8 nitrogen and oxygen atoms in total. The van der Waals surface area contributed by atoms with Gasteiger partial charge in [-0.2, -0.15) is 4.31 Å². The van der Waals surface area contributed by atoms with Gasteiger partial charge in [0.05, 0.1) is 17.0 Å². The second-order valence-electron chi connectivity index (χ2n) is 12.6. The number of carbonyl (C=O) groups excluding carboxylic acids is 1. The van der Waals surface area contributed by atoms with Gasteiger partial charge in [0.2, 0.25) is 15.9 Å². The Balaban J connectivity index is 1.23. The quantitative estimate of drug-likeness (QED) is 0.254. The van der Waals surface area contributed by atoms with Crippen molar-refractivity contribution in [3.05, 3.63) is 90.0 Å². The number of hydrogen-bond acceptors (Lipinski definition) is 5. The Morgan fingerprint density at radius 2 is 1.63 bits per heavy atom. The first kappa shape index (κ1) is 27.4. The van der Waals surface area contributed by atoms with Crippen LogP contribution in [0.25, 0.3) is 10.9 Å². The van der Waals surface area contributed by atoms with Gasteiger partial charge in [-0.1, -0.05) is 69.3 Å². The standard InChI is InChI=1S/C32H34N4O4S/c1-31(2)17-24-18-32(3,20-31)21-36(24)41(39,40)25-15-13-23(14-16-25)29(37)34-33-28-26-11-7-8-12-27(26)35(30(28)38)19-22-9-5-4-6-10-22/h4-16,24,38H,17-21H2,1-3H3. The van der Waals surface area contributed by atoms with Gasteiger partial charge in [-0.15, -0.1) is 10.2 Å². The van der Waals surface area contributed by atoms with E-state index in [0.29, 0.717) is 18.5 Å². The monoisotopic (exact) mass is 570 g/mol. The molecular formula is C32H34N4O4S. The molecule has 3 aromatic carbocycles. The van der Waals surface area contributed by atoms with Crippen molar-refractivity contribution in [2.75, 3.05) is 6.54 Å². The highest BCUT2D eigenvalue weighted by Crippen LogP contribution is 2.53. The number of hydrogen-bond donors (Lipinski definition) is 1. The molecule has 1 aromatic heterocycles. The lowest BCUT2D eigenvalue weighted by Crippen LogP contribution is -2.37. The van der Waals surface area contributed by atoms with E-state index in [1.807, 2.05) is 54.6 Å². The van der Waals surface area contributed by atoms with Gasteiger partial charge in [0.25, 0.3) is 5.91 Å². The average Bonchev–Trinajstić information content (AvgIpc) is 3.36. The summed E-state index contributed by atoms with van der Waals surface area (Å²) < 4.78 is 30.6. The fourth-order valence-corrected chi connectivity index (χ4v) is 8.82. The number of azo groups is 1. The van der Waals surface area contributed by atoms with Crippen molar-refractivity contribution in [2.24, 2.45) is 21.1 Å². The summed E-state index contributed by atoms with van der Waals surface area (Å²) in [7, 11) is -3.70. The molecule has 1 aliphatic heterocycles. The molecule has 1 saturated carbocycles. The second kappa shape index (κ2) is 9.92. The number of nitrogens with zero attached hydrogens (tertiary/aromatic N) is 4. The molecule has 2 aliphatic rings. The van der Waals surface area contributed by atoms with Crippen LogP contribution in [0.4, 0.5) is 5.69 Å². The van der Waals surface area contributed by atoms with Crippen molar-refractivity contribution in [3.63, 3.8) is 0 Å². The molecule has 9 heteroatoms. The Morgan fingerprint density at radius 1 is 0.951 bits per heavy atom. The largest absolute Gasteiger partial charge is 0.493 e. The second-order valence-corrected chi connectivity index (χ2v) is 14.4. The van der Waals surface area contributed by atoms with E-state index in [9.17, 15) is 18.3 Å². The molecule has 0 radical (unpaired) electrons. The first-order valence-electron chi connectivity index (χ1n) is 13.9. The third kappa shape index (κ3) is 5.08. The van der Waals surface area contributed by atoms with Crippen LogP contribution in [0.1, 0.15) is 56.0 Å². The zero-order valence-electron chi connectivity index (χ0n) is 23.5. The van der Waals surface area contributed by atoms with Gasteiger partial charge in [-0.05, 0) is 66.0 Å². The van der Waals surface area contributed by atoms with Crippen LogP contribution in [-0.2, 0) is 16.6 Å². The number of fused-ring (bicyclic) bond motifs is 3. The van der Waals surface area contributed by atoms with E-state index in [4.69, 9.17) is 0 Å². The lowest BCUT2D eigenvalue weighted by molar-refractivity contribution is 0.0995. The van der Waals surface area contributed by atoms with Crippen molar-refractivity contribution in [2.45, 2.75) is 57.5 Å². The van der Waals surface area contributed by atoms with Crippen molar-refractivity contribution in [1.29, 1.82) is 0 Å². The molecule has 1 amide bonds. The van der Waals surface area contributed by atoms with Gasteiger partial charge >= 0.3 is 0 Å². The predicted molar refractivity (Wildman–Crippen MR) is 158 cm³/mol. The van der Waals surface area contributed by atoms with E-state index in [0.717, 1.165) is 30.3 Å². The van der Waals surface area contributed by atoms with Gasteiger partial charge in [-0.3, -0.25) is 4.79 Å². The number of aromatic hydroxyl groups is 1. The SMILES string of the molecule is CC1(C)CC2CC(C)(CN2S(=O)(=O)c2ccc(C(=O)N=Nc3c(O)n(Cc4ccccc4)c4ccccc34)cc2)C1. The summed E-state index contributed by atoms with van der Waals surface area (Å²) in [6.45, 7) is 7.55. The number of carbonyl (C=O) groups is 1. The Labute approximate surface area is 240 Å². The van der Waals surface area contributed by atoms with Gasteiger partial charge < -0.3 is 9.67 Å². The average molecular weight is 571 g/mol. The molecule has 2 heterocycles. The molecule has 2 atom stereocenters.